The summed E-state index contributed by atoms with van der Waals surface area (Å²) >= 11 is 0. The van der Waals surface area contributed by atoms with E-state index in [2.05, 4.69) is 10.4 Å². The zero-order valence-corrected chi connectivity index (χ0v) is 14.9. The molecular weight excluding hydrogens is 306 g/mol. The van der Waals surface area contributed by atoms with E-state index in [0.717, 1.165) is 23.4 Å². The SMILES string of the molecule is CCOc1ccc(OC(C)C(=O)Nc2c(C)c(CC)nn2C)cc1. The Morgan fingerprint density at radius 3 is 2.42 bits per heavy atom. The highest BCUT2D eigenvalue weighted by atomic mass is 16.5. The van der Waals surface area contributed by atoms with Crippen LogP contribution >= 0.6 is 0 Å². The molecule has 2 aromatic rings. The number of aryl methyl sites for hydroxylation is 2. The molecule has 1 heterocycles. The summed E-state index contributed by atoms with van der Waals surface area (Å²) in [6.45, 7) is 8.26. The van der Waals surface area contributed by atoms with Gasteiger partial charge in [0, 0.05) is 12.6 Å². The van der Waals surface area contributed by atoms with Gasteiger partial charge in [-0.1, -0.05) is 6.92 Å². The average molecular weight is 331 g/mol. The van der Waals surface area contributed by atoms with Crippen molar-refractivity contribution in [1.29, 1.82) is 0 Å². The van der Waals surface area contributed by atoms with E-state index in [4.69, 9.17) is 9.47 Å². The van der Waals surface area contributed by atoms with Gasteiger partial charge in [0.2, 0.25) is 0 Å². The molecular formula is C18H25N3O3. The number of nitrogens with one attached hydrogen (secondary N) is 1. The summed E-state index contributed by atoms with van der Waals surface area (Å²) in [4.78, 5) is 12.4. The molecule has 1 aromatic heterocycles. The predicted molar refractivity (Wildman–Crippen MR) is 93.7 cm³/mol. The summed E-state index contributed by atoms with van der Waals surface area (Å²) in [5.74, 6) is 1.90. The molecule has 1 amide bonds. The number of amides is 1. The summed E-state index contributed by atoms with van der Waals surface area (Å²) in [7, 11) is 1.82. The minimum absolute atomic E-state index is 0.211. The molecule has 24 heavy (non-hydrogen) atoms. The van der Waals surface area contributed by atoms with Crippen LogP contribution in [0.3, 0.4) is 0 Å². The smallest absolute Gasteiger partial charge is 0.266 e. The number of carbonyl (C=O) groups excluding carboxylic acids is 1. The third-order valence-electron chi connectivity index (χ3n) is 3.78. The van der Waals surface area contributed by atoms with Crippen molar-refractivity contribution in [3.63, 3.8) is 0 Å². The Labute approximate surface area is 142 Å². The van der Waals surface area contributed by atoms with Gasteiger partial charge in [-0.15, -0.1) is 0 Å². The molecule has 0 saturated carbocycles. The highest BCUT2D eigenvalue weighted by molar-refractivity contribution is 5.94. The number of ether oxygens (including phenoxy) is 2. The van der Waals surface area contributed by atoms with Gasteiger partial charge in [0.25, 0.3) is 5.91 Å². The van der Waals surface area contributed by atoms with Crippen LogP contribution in [0.15, 0.2) is 24.3 Å². The Morgan fingerprint density at radius 1 is 1.25 bits per heavy atom. The number of carbonyl (C=O) groups is 1. The summed E-state index contributed by atoms with van der Waals surface area (Å²) in [5, 5.41) is 7.30. The minimum atomic E-state index is -0.623. The molecule has 2 rings (SSSR count). The van der Waals surface area contributed by atoms with E-state index in [0.29, 0.717) is 18.2 Å². The topological polar surface area (TPSA) is 65.4 Å². The molecule has 0 bridgehead atoms. The third-order valence-corrected chi connectivity index (χ3v) is 3.78. The van der Waals surface area contributed by atoms with Gasteiger partial charge >= 0.3 is 0 Å². The maximum atomic E-state index is 12.4. The monoisotopic (exact) mass is 331 g/mol. The van der Waals surface area contributed by atoms with Crippen molar-refractivity contribution in [1.82, 2.24) is 9.78 Å². The van der Waals surface area contributed by atoms with Crippen molar-refractivity contribution in [2.45, 2.75) is 40.2 Å². The van der Waals surface area contributed by atoms with E-state index < -0.39 is 6.10 Å². The fourth-order valence-electron chi connectivity index (χ4n) is 2.45. The molecule has 0 saturated heterocycles. The molecule has 1 atom stereocenters. The minimum Gasteiger partial charge on any atom is -0.494 e. The van der Waals surface area contributed by atoms with Gasteiger partial charge in [-0.05, 0) is 51.5 Å². The lowest BCUT2D eigenvalue weighted by Gasteiger charge is -2.15. The maximum absolute atomic E-state index is 12.4. The van der Waals surface area contributed by atoms with Gasteiger partial charge in [0.15, 0.2) is 6.10 Å². The molecule has 6 nitrogen and oxygen atoms in total. The van der Waals surface area contributed by atoms with Crippen LogP contribution in [0.2, 0.25) is 0 Å². The number of aromatic nitrogens is 2. The molecule has 0 spiro atoms. The molecule has 130 valence electrons. The first-order valence-electron chi connectivity index (χ1n) is 8.19. The highest BCUT2D eigenvalue weighted by Crippen LogP contribution is 2.21. The zero-order valence-electron chi connectivity index (χ0n) is 14.9. The van der Waals surface area contributed by atoms with Crippen LogP contribution in [0, 0.1) is 6.92 Å². The van der Waals surface area contributed by atoms with E-state index in [9.17, 15) is 4.79 Å². The van der Waals surface area contributed by atoms with E-state index in [-0.39, 0.29) is 5.91 Å². The number of anilines is 1. The van der Waals surface area contributed by atoms with Crippen LogP contribution in [0.5, 0.6) is 11.5 Å². The van der Waals surface area contributed by atoms with Crippen molar-refractivity contribution in [3.8, 4) is 11.5 Å². The normalized spacial score (nSPS) is 11.9. The Hall–Kier alpha value is -2.50. The fraction of sp³-hybridized carbons (Fsp3) is 0.444. The lowest BCUT2D eigenvalue weighted by Crippen LogP contribution is -2.31. The molecule has 1 N–H and O–H groups in total. The van der Waals surface area contributed by atoms with Gasteiger partial charge < -0.3 is 14.8 Å². The van der Waals surface area contributed by atoms with E-state index >= 15 is 0 Å². The largest absolute Gasteiger partial charge is 0.494 e. The van der Waals surface area contributed by atoms with E-state index in [1.807, 2.05) is 40.0 Å². The maximum Gasteiger partial charge on any atom is 0.266 e. The first-order valence-corrected chi connectivity index (χ1v) is 8.19. The number of benzene rings is 1. The van der Waals surface area contributed by atoms with Gasteiger partial charge in [-0.2, -0.15) is 5.10 Å². The summed E-state index contributed by atoms with van der Waals surface area (Å²) in [6.07, 6.45) is 0.204. The number of hydrogen-bond donors (Lipinski definition) is 1. The summed E-state index contributed by atoms with van der Waals surface area (Å²) in [6, 6.07) is 7.23. The molecule has 1 unspecified atom stereocenters. The van der Waals surface area contributed by atoms with Crippen molar-refractivity contribution in [2.75, 3.05) is 11.9 Å². The lowest BCUT2D eigenvalue weighted by atomic mass is 10.2. The quantitative estimate of drug-likeness (QED) is 0.847. The molecule has 0 aliphatic rings. The van der Waals surface area contributed by atoms with Crippen molar-refractivity contribution < 1.29 is 14.3 Å². The van der Waals surface area contributed by atoms with E-state index in [1.54, 1.807) is 23.7 Å². The third kappa shape index (κ3) is 4.07. The summed E-state index contributed by atoms with van der Waals surface area (Å²) in [5.41, 5.74) is 1.97. The van der Waals surface area contributed by atoms with Gasteiger partial charge in [0.05, 0.1) is 12.3 Å². The number of rotatable bonds is 7. The van der Waals surface area contributed by atoms with Gasteiger partial charge in [-0.3, -0.25) is 9.48 Å². The van der Waals surface area contributed by atoms with Crippen LogP contribution < -0.4 is 14.8 Å². The van der Waals surface area contributed by atoms with Crippen LogP contribution in [-0.2, 0) is 18.3 Å². The van der Waals surface area contributed by atoms with Crippen molar-refractivity contribution in [3.05, 3.63) is 35.5 Å². The zero-order chi connectivity index (χ0) is 17.7. The Bertz CT molecular complexity index is 692. The van der Waals surface area contributed by atoms with E-state index in [1.165, 1.54) is 0 Å². The molecule has 0 aliphatic heterocycles. The number of hydrogen-bond acceptors (Lipinski definition) is 4. The average Bonchev–Trinajstić information content (AvgIpc) is 2.84. The molecule has 0 fully saturated rings. The first-order chi connectivity index (χ1) is 11.5. The van der Waals surface area contributed by atoms with Gasteiger partial charge in [-0.25, -0.2) is 0 Å². The molecule has 0 aliphatic carbocycles. The summed E-state index contributed by atoms with van der Waals surface area (Å²) < 4.78 is 12.8. The Balaban J connectivity index is 2.01. The van der Waals surface area contributed by atoms with Crippen LogP contribution in [0.4, 0.5) is 5.82 Å². The lowest BCUT2D eigenvalue weighted by molar-refractivity contribution is -0.122. The fourth-order valence-corrected chi connectivity index (χ4v) is 2.45. The molecule has 0 radical (unpaired) electrons. The molecule has 1 aromatic carbocycles. The van der Waals surface area contributed by atoms with Crippen molar-refractivity contribution >= 4 is 11.7 Å². The number of nitrogens with zero attached hydrogens (tertiary/aromatic N) is 2. The second kappa shape index (κ2) is 7.86. The van der Waals surface area contributed by atoms with Crippen molar-refractivity contribution in [2.24, 2.45) is 7.05 Å². The Morgan fingerprint density at radius 2 is 1.88 bits per heavy atom. The standard InChI is InChI=1S/C18H25N3O3/c1-6-16-12(3)17(21(5)20-16)19-18(22)13(4)24-15-10-8-14(9-11-15)23-7-2/h8-11,13H,6-7H2,1-5H3,(H,19,22). The second-order valence-corrected chi connectivity index (χ2v) is 5.55. The Kier molecular flexibility index (Phi) is 5.84. The first kappa shape index (κ1) is 17.8. The van der Waals surface area contributed by atoms with Crippen LogP contribution in [0.1, 0.15) is 32.0 Å². The highest BCUT2D eigenvalue weighted by Gasteiger charge is 2.19. The predicted octanol–water partition coefficient (Wildman–Crippen LogP) is 3.10. The van der Waals surface area contributed by atoms with Gasteiger partial charge in [0.1, 0.15) is 17.3 Å². The molecule has 6 heteroatoms. The second-order valence-electron chi connectivity index (χ2n) is 5.55. The van der Waals surface area contributed by atoms with Crippen LogP contribution in [-0.4, -0.2) is 28.4 Å². The van der Waals surface area contributed by atoms with Crippen LogP contribution in [0.25, 0.3) is 0 Å².